The normalized spacial score (nSPS) is 16.6. The van der Waals surface area contributed by atoms with Crippen molar-refractivity contribution in [3.63, 3.8) is 0 Å². The molecule has 1 N–H and O–H groups in total. The molecular weight excluding hydrogens is 531 g/mol. The van der Waals surface area contributed by atoms with Crippen molar-refractivity contribution in [2.24, 2.45) is 0 Å². The molecule has 0 spiro atoms. The molecule has 1 amide bonds. The van der Waals surface area contributed by atoms with Gasteiger partial charge in [-0.05, 0) is 25.1 Å². The van der Waals surface area contributed by atoms with Gasteiger partial charge in [-0.25, -0.2) is 4.98 Å². The average molecular weight is 567 g/mol. The number of piperazine rings is 1. The number of anilines is 1. The Balaban J connectivity index is 1.84. The van der Waals surface area contributed by atoms with Crippen molar-refractivity contribution < 1.29 is 21.1 Å². The lowest BCUT2D eigenvalue weighted by molar-refractivity contribution is -0.127. The highest BCUT2D eigenvalue weighted by Gasteiger charge is 2.24. The van der Waals surface area contributed by atoms with Crippen LogP contribution in [0.5, 0.6) is 11.5 Å². The minimum absolute atomic E-state index is 0.00501. The number of aryl methyl sites for hydroxylation is 1. The highest BCUT2D eigenvalue weighted by atomic mass is 35.5. The van der Waals surface area contributed by atoms with Crippen LogP contribution in [0.3, 0.4) is 0 Å². The standard InChI is InChI=1S/C26H30Cl2N6O4/c1-5-20(35)33-11-9-32(10-12-33)7-6-8-34-24-16(15-30-26(29-2)31-24)13-17(25(34)36)21-22(27)18(37-3)14-19(38-4)23(21)28/h5,13-15H,1,6-12H2,2-4H3,(H,29,30,31)/i2D3,8D2. The summed E-state index contributed by atoms with van der Waals surface area (Å²) in [6.45, 7) is 0.734. The number of methoxy groups -OCH3 is 2. The van der Waals surface area contributed by atoms with Gasteiger partial charge in [-0.3, -0.25) is 19.1 Å². The second-order valence-electron chi connectivity index (χ2n) is 8.36. The zero-order chi connectivity index (χ0) is 31.7. The Morgan fingerprint density at radius 1 is 1.21 bits per heavy atom. The molecule has 1 fully saturated rings. The molecule has 0 aliphatic carbocycles. The van der Waals surface area contributed by atoms with Gasteiger partial charge in [0, 0.05) is 69.7 Å². The molecule has 0 atom stereocenters. The van der Waals surface area contributed by atoms with E-state index in [4.69, 9.17) is 39.5 Å². The molecular formula is C26H30Cl2N6O4. The number of nitrogens with one attached hydrogen (secondary N) is 1. The maximum atomic E-state index is 14.2. The highest BCUT2D eigenvalue weighted by Crippen LogP contribution is 2.45. The fraction of sp³-hybridized carbons (Fsp3) is 0.385. The van der Waals surface area contributed by atoms with Crippen molar-refractivity contribution in [2.45, 2.75) is 12.9 Å². The quantitative estimate of drug-likeness (QED) is 0.393. The van der Waals surface area contributed by atoms with E-state index >= 15 is 0 Å². The molecule has 0 unspecified atom stereocenters. The number of nitrogens with zero attached hydrogens (tertiary/aromatic N) is 5. The van der Waals surface area contributed by atoms with Crippen LogP contribution in [0.1, 0.15) is 13.3 Å². The minimum atomic E-state index is -2.63. The third kappa shape index (κ3) is 5.43. The van der Waals surface area contributed by atoms with E-state index < -0.39 is 19.0 Å². The molecule has 4 rings (SSSR count). The highest BCUT2D eigenvalue weighted by molar-refractivity contribution is 6.41. The van der Waals surface area contributed by atoms with Crippen LogP contribution < -0.4 is 20.3 Å². The van der Waals surface area contributed by atoms with Crippen LogP contribution in [-0.4, -0.2) is 84.2 Å². The lowest BCUT2D eigenvalue weighted by Gasteiger charge is -2.34. The maximum absolute atomic E-state index is 14.2. The van der Waals surface area contributed by atoms with Gasteiger partial charge < -0.3 is 19.7 Å². The SMILES string of the molecule is [2H]C([2H])([2H])Nc1ncc2cc(-c3c(Cl)c(OC)cc(OC)c3Cl)c(=O)n(C([2H])([2H])CCN3CCN(C(=O)C=C)CC3)c2n1. The van der Waals surface area contributed by atoms with Crippen LogP contribution >= 0.6 is 23.2 Å². The van der Waals surface area contributed by atoms with Crippen molar-refractivity contribution in [3.8, 4) is 22.6 Å². The van der Waals surface area contributed by atoms with Gasteiger partial charge in [-0.2, -0.15) is 4.98 Å². The van der Waals surface area contributed by atoms with Crippen molar-refractivity contribution in [1.82, 2.24) is 24.3 Å². The monoisotopic (exact) mass is 565 g/mol. The van der Waals surface area contributed by atoms with E-state index in [0.29, 0.717) is 26.2 Å². The summed E-state index contributed by atoms with van der Waals surface area (Å²) in [4.78, 5) is 38.1. The van der Waals surface area contributed by atoms with Crippen LogP contribution in [0, 0.1) is 0 Å². The minimum Gasteiger partial charge on any atom is -0.495 e. The van der Waals surface area contributed by atoms with E-state index in [1.807, 2.05) is 4.90 Å². The predicted octanol–water partition coefficient (Wildman–Crippen LogP) is 3.54. The second kappa shape index (κ2) is 12.0. The third-order valence-electron chi connectivity index (χ3n) is 6.25. The number of hydrogen-bond donors (Lipinski definition) is 1. The van der Waals surface area contributed by atoms with Crippen molar-refractivity contribution >= 4 is 46.1 Å². The molecule has 2 aromatic heterocycles. The molecule has 0 saturated carbocycles. The maximum Gasteiger partial charge on any atom is 0.260 e. The van der Waals surface area contributed by atoms with E-state index in [9.17, 15) is 9.59 Å². The molecule has 0 radical (unpaired) electrons. The van der Waals surface area contributed by atoms with Gasteiger partial charge >= 0.3 is 0 Å². The number of pyridine rings is 1. The molecule has 3 heterocycles. The number of carbonyl (C=O) groups excluding carboxylic acids is 1. The molecule has 12 heteroatoms. The van der Waals surface area contributed by atoms with Gasteiger partial charge in [0.1, 0.15) is 17.1 Å². The number of aromatic nitrogens is 3. The molecule has 202 valence electrons. The van der Waals surface area contributed by atoms with Gasteiger partial charge in [0.15, 0.2) is 0 Å². The number of halogens is 2. The van der Waals surface area contributed by atoms with Crippen LogP contribution in [0.25, 0.3) is 22.2 Å². The fourth-order valence-electron chi connectivity index (χ4n) is 4.25. The smallest absolute Gasteiger partial charge is 0.260 e. The van der Waals surface area contributed by atoms with E-state index in [-0.39, 0.29) is 68.5 Å². The molecule has 1 aliphatic rings. The van der Waals surface area contributed by atoms with E-state index in [2.05, 4.69) is 21.9 Å². The summed E-state index contributed by atoms with van der Waals surface area (Å²) >= 11 is 13.2. The summed E-state index contributed by atoms with van der Waals surface area (Å²) in [5.74, 6) is -0.132. The second-order valence-corrected chi connectivity index (χ2v) is 9.12. The van der Waals surface area contributed by atoms with Gasteiger partial charge in [0.05, 0.1) is 29.8 Å². The first-order valence-electron chi connectivity index (χ1n) is 14.2. The van der Waals surface area contributed by atoms with Crippen LogP contribution in [0.15, 0.2) is 35.8 Å². The lowest BCUT2D eigenvalue weighted by atomic mass is 10.0. The first-order valence-corrected chi connectivity index (χ1v) is 12.4. The Morgan fingerprint density at radius 2 is 1.89 bits per heavy atom. The molecule has 0 bridgehead atoms. The predicted molar refractivity (Wildman–Crippen MR) is 150 cm³/mol. The Hall–Kier alpha value is -3.34. The van der Waals surface area contributed by atoms with Gasteiger partial charge in [0.25, 0.3) is 5.56 Å². The average Bonchev–Trinajstić information content (AvgIpc) is 2.95. The number of carbonyl (C=O) groups is 1. The Kier molecular flexibility index (Phi) is 6.82. The number of rotatable bonds is 9. The topological polar surface area (TPSA) is 102 Å². The van der Waals surface area contributed by atoms with Crippen molar-refractivity contribution in [2.75, 3.05) is 59.2 Å². The van der Waals surface area contributed by atoms with E-state index in [1.165, 1.54) is 38.6 Å². The number of amides is 1. The summed E-state index contributed by atoms with van der Waals surface area (Å²) in [6.07, 6.45) is 2.39. The summed E-state index contributed by atoms with van der Waals surface area (Å²) in [5.41, 5.74) is -0.968. The fourth-order valence-corrected chi connectivity index (χ4v) is 4.95. The number of fused-ring (bicyclic) bond motifs is 1. The van der Waals surface area contributed by atoms with Crippen molar-refractivity contribution in [3.05, 3.63) is 51.4 Å². The van der Waals surface area contributed by atoms with Gasteiger partial charge in [0.2, 0.25) is 11.9 Å². The molecule has 38 heavy (non-hydrogen) atoms. The molecule has 1 saturated heterocycles. The van der Waals surface area contributed by atoms with Crippen LogP contribution in [0.2, 0.25) is 10.0 Å². The molecule has 1 aliphatic heterocycles. The zero-order valence-corrected chi connectivity index (χ0v) is 22.4. The van der Waals surface area contributed by atoms with E-state index in [1.54, 1.807) is 4.90 Å². The molecule has 3 aromatic rings. The summed E-state index contributed by atoms with van der Waals surface area (Å²) in [5, 5.41) is 2.42. The first kappa shape index (κ1) is 21.6. The van der Waals surface area contributed by atoms with Gasteiger partial charge in [-0.15, -0.1) is 0 Å². The summed E-state index contributed by atoms with van der Waals surface area (Å²) in [7, 11) is 2.77. The van der Waals surface area contributed by atoms with Gasteiger partial charge in [-0.1, -0.05) is 29.8 Å². The number of ether oxygens (including phenoxy) is 2. The number of hydrogen-bond acceptors (Lipinski definition) is 8. The summed E-state index contributed by atoms with van der Waals surface area (Å²) in [6, 6.07) is 2.87. The Bertz CT molecular complexity index is 1580. The zero-order valence-electron chi connectivity index (χ0n) is 25.9. The van der Waals surface area contributed by atoms with E-state index in [0.717, 1.165) is 4.57 Å². The largest absolute Gasteiger partial charge is 0.495 e. The lowest BCUT2D eigenvalue weighted by Crippen LogP contribution is -2.48. The summed E-state index contributed by atoms with van der Waals surface area (Å²) < 4.78 is 52.2. The Labute approximate surface area is 237 Å². The molecule has 10 nitrogen and oxygen atoms in total. The molecule has 1 aromatic carbocycles. The van der Waals surface area contributed by atoms with Crippen LogP contribution in [-0.2, 0) is 11.3 Å². The third-order valence-corrected chi connectivity index (χ3v) is 7.00. The van der Waals surface area contributed by atoms with Crippen molar-refractivity contribution in [1.29, 1.82) is 0 Å². The Morgan fingerprint density at radius 3 is 2.50 bits per heavy atom. The van der Waals surface area contributed by atoms with Crippen LogP contribution in [0.4, 0.5) is 5.95 Å². The first-order chi connectivity index (χ1) is 20.2. The number of benzene rings is 1.